The highest BCUT2D eigenvalue weighted by molar-refractivity contribution is 6.77. The Morgan fingerprint density at radius 1 is 0.395 bits per heavy atom. The van der Waals surface area contributed by atoms with Crippen molar-refractivity contribution in [3.05, 3.63) is 24.3 Å². The summed E-state index contributed by atoms with van der Waals surface area (Å²) < 4.78 is 40.2. The fourth-order valence-electron chi connectivity index (χ4n) is 3.54. The first-order chi connectivity index (χ1) is 17.9. The second-order valence-corrected chi connectivity index (χ2v) is 15.5. The molecule has 0 aliphatic carbocycles. The normalized spacial score (nSPS) is 20.1. The second-order valence-electron chi connectivity index (χ2n) is 10.7. The fourth-order valence-corrected chi connectivity index (χ4v) is 10.0. The van der Waals surface area contributed by atoms with E-state index < -0.39 is 17.6 Å². The van der Waals surface area contributed by atoms with E-state index in [-0.39, 0.29) is 36.6 Å². The molecule has 0 N–H and O–H groups in total. The maximum atomic E-state index is 6.70. The molecule has 1 rings (SSSR count). The van der Waals surface area contributed by atoms with Crippen molar-refractivity contribution in [2.24, 2.45) is 0 Å². The predicted molar refractivity (Wildman–Crippen MR) is 162 cm³/mol. The van der Waals surface area contributed by atoms with Crippen LogP contribution in [0.15, 0.2) is 24.3 Å². The number of hydrogen-bond donors (Lipinski definition) is 0. The molecule has 1 aromatic carbocycles. The molecule has 222 valence electrons. The minimum atomic E-state index is -3.23. The van der Waals surface area contributed by atoms with Crippen LogP contribution in [0.5, 0.6) is 0 Å². The molecule has 6 unspecified atom stereocenters. The Kier molecular flexibility index (Phi) is 16.1. The smallest absolute Gasteiger partial charge is 0.367 e. The molecule has 0 aliphatic heterocycles. The molecule has 0 fully saturated rings. The molecule has 0 saturated carbocycles. The summed E-state index contributed by atoms with van der Waals surface area (Å²) in [5.74, 6) is 0. The van der Waals surface area contributed by atoms with Crippen LogP contribution in [0.3, 0.4) is 0 Å². The van der Waals surface area contributed by atoms with Gasteiger partial charge in [-0.15, -0.1) is 0 Å². The molecule has 6 nitrogen and oxygen atoms in total. The molecule has 0 heterocycles. The highest BCUT2D eigenvalue weighted by atomic mass is 28.4. The van der Waals surface area contributed by atoms with Gasteiger partial charge >= 0.3 is 17.6 Å². The highest BCUT2D eigenvalue weighted by Crippen LogP contribution is 2.24. The molecule has 0 aromatic heterocycles. The van der Waals surface area contributed by atoms with Gasteiger partial charge in [-0.3, -0.25) is 0 Å². The lowest BCUT2D eigenvalue weighted by Gasteiger charge is -2.38. The van der Waals surface area contributed by atoms with E-state index in [1.54, 1.807) is 0 Å². The summed E-state index contributed by atoms with van der Waals surface area (Å²) in [6.07, 6.45) is 5.36. The van der Waals surface area contributed by atoms with Crippen LogP contribution in [0.4, 0.5) is 0 Å². The van der Waals surface area contributed by atoms with Gasteiger partial charge in [-0.05, 0) is 80.1 Å². The van der Waals surface area contributed by atoms with Crippen LogP contribution in [0.25, 0.3) is 0 Å². The SMILES string of the molecule is CCC(C)O[Si](OC(C)CC)(OC(C)CC)c1ccc([Si](OC(C)CC)(OC(C)CC)OC(C)CC)cc1. The van der Waals surface area contributed by atoms with Crippen LogP contribution >= 0.6 is 0 Å². The zero-order chi connectivity index (χ0) is 28.9. The van der Waals surface area contributed by atoms with Crippen molar-refractivity contribution in [2.45, 2.75) is 158 Å². The number of hydrogen-bond acceptors (Lipinski definition) is 6. The lowest BCUT2D eigenvalue weighted by molar-refractivity contribution is -0.000650. The monoisotopic (exact) mass is 570 g/mol. The fraction of sp³-hybridized carbons (Fsp3) is 0.800. The number of rotatable bonds is 20. The third kappa shape index (κ3) is 10.4. The van der Waals surface area contributed by atoms with Gasteiger partial charge in [-0.25, -0.2) is 0 Å². The molecule has 0 radical (unpaired) electrons. The summed E-state index contributed by atoms with van der Waals surface area (Å²) in [4.78, 5) is 0. The third-order valence-corrected chi connectivity index (χ3v) is 13.5. The average Bonchev–Trinajstić information content (AvgIpc) is 2.92. The zero-order valence-corrected chi connectivity index (χ0v) is 28.5. The molecule has 6 atom stereocenters. The first-order valence-corrected chi connectivity index (χ1v) is 18.6. The van der Waals surface area contributed by atoms with Gasteiger partial charge in [0.05, 0.1) is 0 Å². The van der Waals surface area contributed by atoms with Crippen LogP contribution < -0.4 is 10.4 Å². The Bertz CT molecular complexity index is 636. The van der Waals surface area contributed by atoms with Gasteiger partial charge in [0.25, 0.3) is 0 Å². The van der Waals surface area contributed by atoms with E-state index >= 15 is 0 Å². The molecular formula is C30H58O6Si2. The first kappa shape index (κ1) is 35.4. The highest BCUT2D eigenvalue weighted by Gasteiger charge is 2.50. The first-order valence-electron chi connectivity index (χ1n) is 15.1. The van der Waals surface area contributed by atoms with Crippen molar-refractivity contribution in [3.8, 4) is 0 Å². The quantitative estimate of drug-likeness (QED) is 0.160. The molecule has 0 amide bonds. The number of benzene rings is 1. The Hall–Kier alpha value is -0.586. The molecule has 1 aromatic rings. The zero-order valence-electron chi connectivity index (χ0n) is 26.5. The van der Waals surface area contributed by atoms with Crippen molar-refractivity contribution >= 4 is 28.0 Å². The molecule has 8 heteroatoms. The Morgan fingerprint density at radius 3 is 0.684 bits per heavy atom. The van der Waals surface area contributed by atoms with Crippen LogP contribution in [-0.2, 0) is 26.6 Å². The van der Waals surface area contributed by atoms with Gasteiger partial charge in [0, 0.05) is 47.0 Å². The van der Waals surface area contributed by atoms with Gasteiger partial charge in [0.1, 0.15) is 0 Å². The lowest BCUT2D eigenvalue weighted by Crippen LogP contribution is -2.63. The summed E-state index contributed by atoms with van der Waals surface area (Å²) in [5.41, 5.74) is 0. The van der Waals surface area contributed by atoms with Gasteiger partial charge in [0.2, 0.25) is 0 Å². The minimum Gasteiger partial charge on any atom is -0.367 e. The predicted octanol–water partition coefficient (Wildman–Crippen LogP) is 6.87. The Labute approximate surface area is 236 Å². The van der Waals surface area contributed by atoms with Crippen LogP contribution in [0.2, 0.25) is 0 Å². The molecule has 0 spiro atoms. The lowest BCUT2D eigenvalue weighted by atomic mass is 10.3. The average molecular weight is 571 g/mol. The molecule has 0 bridgehead atoms. The van der Waals surface area contributed by atoms with Crippen molar-refractivity contribution in [2.75, 3.05) is 0 Å². The largest absolute Gasteiger partial charge is 0.537 e. The van der Waals surface area contributed by atoms with Crippen molar-refractivity contribution in [1.29, 1.82) is 0 Å². The van der Waals surface area contributed by atoms with E-state index in [0.717, 1.165) is 48.9 Å². The maximum Gasteiger partial charge on any atom is 0.537 e. The van der Waals surface area contributed by atoms with Gasteiger partial charge in [-0.1, -0.05) is 65.8 Å². The molecular weight excluding hydrogens is 512 g/mol. The van der Waals surface area contributed by atoms with Gasteiger partial charge in [-0.2, -0.15) is 0 Å². The van der Waals surface area contributed by atoms with Crippen molar-refractivity contribution < 1.29 is 26.6 Å². The van der Waals surface area contributed by atoms with E-state index in [4.69, 9.17) is 26.6 Å². The van der Waals surface area contributed by atoms with Crippen LogP contribution in [-0.4, -0.2) is 54.2 Å². The van der Waals surface area contributed by atoms with Crippen molar-refractivity contribution in [3.63, 3.8) is 0 Å². The van der Waals surface area contributed by atoms with E-state index in [1.807, 2.05) is 0 Å². The summed E-state index contributed by atoms with van der Waals surface area (Å²) >= 11 is 0. The van der Waals surface area contributed by atoms with Crippen molar-refractivity contribution in [1.82, 2.24) is 0 Å². The van der Waals surface area contributed by atoms with E-state index in [9.17, 15) is 0 Å². The maximum absolute atomic E-state index is 6.70. The Balaban J connectivity index is 3.71. The van der Waals surface area contributed by atoms with E-state index in [0.29, 0.717) is 0 Å². The summed E-state index contributed by atoms with van der Waals surface area (Å²) in [6.45, 7) is 25.3. The van der Waals surface area contributed by atoms with E-state index in [2.05, 4.69) is 107 Å². The Morgan fingerprint density at radius 2 is 0.553 bits per heavy atom. The molecule has 0 aliphatic rings. The van der Waals surface area contributed by atoms with Crippen LogP contribution in [0.1, 0.15) is 122 Å². The van der Waals surface area contributed by atoms with Gasteiger partial charge in [0.15, 0.2) is 0 Å². The van der Waals surface area contributed by atoms with Gasteiger partial charge < -0.3 is 26.6 Å². The molecule has 0 saturated heterocycles. The topological polar surface area (TPSA) is 55.4 Å². The second kappa shape index (κ2) is 17.3. The summed E-state index contributed by atoms with van der Waals surface area (Å²) in [5, 5.41) is 1.92. The molecule has 38 heavy (non-hydrogen) atoms. The van der Waals surface area contributed by atoms with E-state index in [1.165, 1.54) is 0 Å². The van der Waals surface area contributed by atoms with Crippen LogP contribution in [0, 0.1) is 0 Å². The standard InChI is InChI=1S/C30H58O6Si2/c1-13-23(7)31-37(32-24(8)14-2,33-25(9)15-3)29-19-21-30(22-20-29)38(34-26(10)16-4,35-27(11)17-5)36-28(12)18-6/h19-28H,13-18H2,1-12H3. The summed E-state index contributed by atoms with van der Waals surface area (Å²) in [6, 6.07) is 8.37. The third-order valence-electron chi connectivity index (χ3n) is 7.18. The minimum absolute atomic E-state index is 0.0131. The summed E-state index contributed by atoms with van der Waals surface area (Å²) in [7, 11) is -6.46.